The summed E-state index contributed by atoms with van der Waals surface area (Å²) in [6.07, 6.45) is 0.932. The van der Waals surface area contributed by atoms with E-state index in [1.807, 2.05) is 24.3 Å². The number of oxazole rings is 1. The second-order valence-electron chi connectivity index (χ2n) is 7.30. The van der Waals surface area contributed by atoms with Crippen molar-refractivity contribution in [2.24, 2.45) is 0 Å². The van der Waals surface area contributed by atoms with Crippen molar-refractivity contribution in [1.82, 2.24) is 4.98 Å². The number of hydrogen-bond acceptors (Lipinski definition) is 7. The third-order valence-corrected chi connectivity index (χ3v) is 7.16. The van der Waals surface area contributed by atoms with Crippen LogP contribution in [-0.4, -0.2) is 32.2 Å². The summed E-state index contributed by atoms with van der Waals surface area (Å²) in [7, 11) is -2.41. The molecule has 0 saturated heterocycles. The molecular weight excluding hydrogens is 474 g/mol. The number of hydrogen-bond donors (Lipinski definition) is 2. The molecule has 1 aromatic heterocycles. The van der Waals surface area contributed by atoms with Gasteiger partial charge in [-0.15, -0.1) is 0 Å². The lowest BCUT2D eigenvalue weighted by Crippen LogP contribution is -2.13. The number of nitrogens with zero attached hydrogens (tertiary/aromatic N) is 1. The third kappa shape index (κ3) is 5.52. The highest BCUT2D eigenvalue weighted by atomic mass is 32.2. The number of aryl methyl sites for hydroxylation is 1. The van der Waals surface area contributed by atoms with E-state index in [2.05, 4.69) is 21.9 Å². The number of anilines is 2. The van der Waals surface area contributed by atoms with Crippen LogP contribution in [0.1, 0.15) is 12.5 Å². The average Bonchev–Trinajstić information content (AvgIpc) is 3.26. The highest BCUT2D eigenvalue weighted by Crippen LogP contribution is 2.29. The maximum atomic E-state index is 12.9. The first kappa shape index (κ1) is 23.7. The Morgan fingerprint density at radius 3 is 2.59 bits per heavy atom. The Labute approximate surface area is 201 Å². The number of aromatic nitrogens is 1. The zero-order valence-electron chi connectivity index (χ0n) is 18.6. The normalized spacial score (nSPS) is 11.4. The molecule has 0 saturated carbocycles. The van der Waals surface area contributed by atoms with Crippen molar-refractivity contribution in [3.63, 3.8) is 0 Å². The van der Waals surface area contributed by atoms with Gasteiger partial charge in [0.15, 0.2) is 5.58 Å². The summed E-state index contributed by atoms with van der Waals surface area (Å²) in [6, 6.07) is 18.8. The SMILES string of the molecule is CCc1ccc(NC(=O)CSc2nc3cc(S(=O)(=O)Nc4ccccc4OC)ccc3o2)cc1. The van der Waals surface area contributed by atoms with Gasteiger partial charge in [-0.2, -0.15) is 0 Å². The topological polar surface area (TPSA) is 111 Å². The molecule has 1 amide bonds. The van der Waals surface area contributed by atoms with Crippen molar-refractivity contribution in [2.45, 2.75) is 23.5 Å². The second kappa shape index (κ2) is 10.2. The molecule has 0 radical (unpaired) electrons. The Hall–Kier alpha value is -3.50. The lowest BCUT2D eigenvalue weighted by atomic mass is 10.1. The number of sulfonamides is 1. The molecular formula is C24H23N3O5S2. The van der Waals surface area contributed by atoms with Crippen molar-refractivity contribution in [3.8, 4) is 5.75 Å². The molecule has 0 fully saturated rings. The molecule has 4 aromatic rings. The van der Waals surface area contributed by atoms with E-state index >= 15 is 0 Å². The van der Waals surface area contributed by atoms with E-state index in [1.165, 1.54) is 24.8 Å². The van der Waals surface area contributed by atoms with Gasteiger partial charge in [-0.1, -0.05) is 43.0 Å². The molecule has 0 aliphatic carbocycles. The molecule has 176 valence electrons. The minimum atomic E-state index is -3.88. The minimum absolute atomic E-state index is 0.0315. The Morgan fingerprint density at radius 2 is 1.85 bits per heavy atom. The van der Waals surface area contributed by atoms with Gasteiger partial charge in [0.2, 0.25) is 5.91 Å². The molecule has 0 aliphatic heterocycles. The maximum Gasteiger partial charge on any atom is 0.262 e. The summed E-state index contributed by atoms with van der Waals surface area (Å²) >= 11 is 1.13. The van der Waals surface area contributed by atoms with Gasteiger partial charge in [0.25, 0.3) is 15.2 Å². The van der Waals surface area contributed by atoms with Crippen molar-refractivity contribution >= 4 is 50.2 Å². The third-order valence-electron chi connectivity index (χ3n) is 4.97. The predicted molar refractivity (Wildman–Crippen MR) is 133 cm³/mol. The number of thioether (sulfide) groups is 1. The Morgan fingerprint density at radius 1 is 1.09 bits per heavy atom. The van der Waals surface area contributed by atoms with Crippen LogP contribution in [0.3, 0.4) is 0 Å². The van der Waals surface area contributed by atoms with Gasteiger partial charge in [0.05, 0.1) is 23.4 Å². The molecule has 0 unspecified atom stereocenters. The van der Waals surface area contributed by atoms with Gasteiger partial charge in [-0.05, 0) is 54.4 Å². The zero-order valence-corrected chi connectivity index (χ0v) is 20.2. The summed E-state index contributed by atoms with van der Waals surface area (Å²) in [5.41, 5.74) is 3.04. The molecule has 34 heavy (non-hydrogen) atoms. The fraction of sp³-hybridized carbons (Fsp3) is 0.167. The lowest BCUT2D eigenvalue weighted by Gasteiger charge is -2.11. The molecule has 0 bridgehead atoms. The first-order chi connectivity index (χ1) is 16.4. The number of methoxy groups -OCH3 is 1. The first-order valence-corrected chi connectivity index (χ1v) is 12.9. The monoisotopic (exact) mass is 497 g/mol. The fourth-order valence-electron chi connectivity index (χ4n) is 3.20. The maximum absolute atomic E-state index is 12.9. The number of nitrogens with one attached hydrogen (secondary N) is 2. The molecule has 4 rings (SSSR count). The van der Waals surface area contributed by atoms with E-state index in [0.717, 1.165) is 23.9 Å². The number of carbonyl (C=O) groups excluding carboxylic acids is 1. The fourth-order valence-corrected chi connectivity index (χ4v) is 4.92. The van der Waals surface area contributed by atoms with Crippen LogP contribution in [0, 0.1) is 0 Å². The second-order valence-corrected chi connectivity index (χ2v) is 9.91. The molecule has 1 heterocycles. The number of amides is 1. The number of rotatable bonds is 9. The highest BCUT2D eigenvalue weighted by Gasteiger charge is 2.19. The predicted octanol–water partition coefficient (Wildman–Crippen LogP) is 4.93. The number of carbonyl (C=O) groups is 1. The number of benzene rings is 3. The molecule has 3 aromatic carbocycles. The average molecular weight is 498 g/mol. The Kier molecular flexibility index (Phi) is 7.09. The van der Waals surface area contributed by atoms with Gasteiger partial charge in [-0.3, -0.25) is 9.52 Å². The first-order valence-electron chi connectivity index (χ1n) is 10.5. The van der Waals surface area contributed by atoms with Gasteiger partial charge in [0.1, 0.15) is 11.3 Å². The van der Waals surface area contributed by atoms with E-state index in [-0.39, 0.29) is 21.8 Å². The minimum Gasteiger partial charge on any atom is -0.495 e. The molecule has 0 atom stereocenters. The largest absolute Gasteiger partial charge is 0.495 e. The zero-order chi connectivity index (χ0) is 24.1. The summed E-state index contributed by atoms with van der Waals surface area (Å²) in [6.45, 7) is 2.07. The Bertz CT molecular complexity index is 1420. The van der Waals surface area contributed by atoms with E-state index in [4.69, 9.17) is 9.15 Å². The van der Waals surface area contributed by atoms with Gasteiger partial charge in [0, 0.05) is 5.69 Å². The lowest BCUT2D eigenvalue weighted by molar-refractivity contribution is -0.113. The van der Waals surface area contributed by atoms with E-state index in [0.29, 0.717) is 22.5 Å². The van der Waals surface area contributed by atoms with Crippen molar-refractivity contribution < 1.29 is 22.4 Å². The van der Waals surface area contributed by atoms with Crippen LogP contribution < -0.4 is 14.8 Å². The van der Waals surface area contributed by atoms with Crippen LogP contribution in [0.5, 0.6) is 5.75 Å². The van der Waals surface area contributed by atoms with Crippen LogP contribution in [0.4, 0.5) is 11.4 Å². The van der Waals surface area contributed by atoms with Crippen LogP contribution in [0.15, 0.2) is 81.3 Å². The van der Waals surface area contributed by atoms with Gasteiger partial charge in [-0.25, -0.2) is 13.4 Å². The van der Waals surface area contributed by atoms with Crippen LogP contribution in [-0.2, 0) is 21.2 Å². The number of ether oxygens (including phenoxy) is 1. The van der Waals surface area contributed by atoms with Crippen molar-refractivity contribution in [1.29, 1.82) is 0 Å². The molecule has 2 N–H and O–H groups in total. The van der Waals surface area contributed by atoms with Crippen molar-refractivity contribution in [2.75, 3.05) is 22.9 Å². The molecule has 10 heteroatoms. The van der Waals surface area contributed by atoms with E-state index in [9.17, 15) is 13.2 Å². The molecule has 0 aliphatic rings. The summed E-state index contributed by atoms with van der Waals surface area (Å²) in [5, 5.41) is 3.11. The summed E-state index contributed by atoms with van der Waals surface area (Å²) in [5.74, 6) is 0.315. The van der Waals surface area contributed by atoms with E-state index in [1.54, 1.807) is 30.3 Å². The van der Waals surface area contributed by atoms with Gasteiger partial charge < -0.3 is 14.5 Å². The van der Waals surface area contributed by atoms with Crippen LogP contribution in [0.2, 0.25) is 0 Å². The van der Waals surface area contributed by atoms with E-state index < -0.39 is 10.0 Å². The van der Waals surface area contributed by atoms with Gasteiger partial charge >= 0.3 is 0 Å². The van der Waals surface area contributed by atoms with Crippen molar-refractivity contribution in [3.05, 3.63) is 72.3 Å². The standard InChI is InChI=1S/C24H23N3O5S2/c1-3-16-8-10-17(11-9-16)25-23(28)15-33-24-26-20-14-18(12-13-22(20)32-24)34(29,30)27-19-6-4-5-7-21(19)31-2/h4-14,27H,3,15H2,1-2H3,(H,25,28). The van der Waals surface area contributed by atoms with Crippen LogP contribution >= 0.6 is 11.8 Å². The summed E-state index contributed by atoms with van der Waals surface area (Å²) < 4.78 is 39.1. The molecule has 8 nitrogen and oxygen atoms in total. The number of para-hydroxylation sites is 2. The highest BCUT2D eigenvalue weighted by molar-refractivity contribution is 7.99. The smallest absolute Gasteiger partial charge is 0.262 e. The van der Waals surface area contributed by atoms with Crippen LogP contribution in [0.25, 0.3) is 11.1 Å². The molecule has 0 spiro atoms. The summed E-state index contributed by atoms with van der Waals surface area (Å²) in [4.78, 5) is 16.6. The Balaban J connectivity index is 1.43. The quantitative estimate of drug-likeness (QED) is 0.315. The number of fused-ring (bicyclic) bond motifs is 1.